The number of carbonyl (C=O) groups excluding carboxylic acids is 1. The Morgan fingerprint density at radius 2 is 1.92 bits per heavy atom. The number of ether oxygens (including phenoxy) is 1. The summed E-state index contributed by atoms with van der Waals surface area (Å²) in [4.78, 5) is 11.5. The van der Waals surface area contributed by atoms with Crippen LogP contribution >= 0.6 is 0 Å². The van der Waals surface area contributed by atoms with Gasteiger partial charge in [-0.2, -0.15) is 0 Å². The van der Waals surface area contributed by atoms with E-state index in [4.69, 9.17) is 4.74 Å². The maximum absolute atomic E-state index is 11.5. The number of methoxy groups -OCH3 is 1. The van der Waals surface area contributed by atoms with Crippen LogP contribution in [0.1, 0.15) is 39.0 Å². The van der Waals surface area contributed by atoms with Crippen LogP contribution in [-0.4, -0.2) is 19.5 Å². The highest BCUT2D eigenvalue weighted by Crippen LogP contribution is 2.30. The molecule has 0 atom stereocenters. The molecule has 0 saturated heterocycles. The second kappa shape index (κ2) is 5.38. The Kier molecular flexibility index (Phi) is 4.43. The van der Waals surface area contributed by atoms with Crippen LogP contribution in [0.4, 0.5) is 0 Å². The van der Waals surface area contributed by atoms with Crippen molar-refractivity contribution in [2.24, 2.45) is 11.8 Å². The molecule has 1 aliphatic rings. The summed E-state index contributed by atoms with van der Waals surface area (Å²) >= 11 is 0. The normalized spacial score (nSPS) is 28.8. The van der Waals surface area contributed by atoms with Crippen LogP contribution in [0.2, 0.25) is 0 Å². The van der Waals surface area contributed by atoms with Gasteiger partial charge in [0.25, 0.3) is 0 Å². The fourth-order valence-electron chi connectivity index (χ4n) is 2.15. The Morgan fingerprint density at radius 1 is 1.31 bits per heavy atom. The molecule has 2 heteroatoms. The van der Waals surface area contributed by atoms with Crippen molar-refractivity contribution >= 4 is 5.78 Å². The van der Waals surface area contributed by atoms with Crippen LogP contribution in [0, 0.1) is 11.8 Å². The van der Waals surface area contributed by atoms with E-state index in [9.17, 15) is 4.79 Å². The van der Waals surface area contributed by atoms with Crippen molar-refractivity contribution in [1.29, 1.82) is 0 Å². The summed E-state index contributed by atoms with van der Waals surface area (Å²) in [5, 5.41) is 0. The van der Waals surface area contributed by atoms with E-state index in [1.165, 1.54) is 19.3 Å². The quantitative estimate of drug-likeness (QED) is 0.670. The fraction of sp³-hybridized carbons (Fsp3) is 0.909. The molecule has 1 rings (SSSR count). The molecule has 0 radical (unpaired) electrons. The number of carbonyl (C=O) groups is 1. The van der Waals surface area contributed by atoms with Gasteiger partial charge in [-0.1, -0.05) is 13.3 Å². The Balaban J connectivity index is 2.28. The van der Waals surface area contributed by atoms with Gasteiger partial charge in [-0.05, 0) is 31.6 Å². The van der Waals surface area contributed by atoms with Gasteiger partial charge in [0.1, 0.15) is 6.61 Å². The predicted molar refractivity (Wildman–Crippen MR) is 52.6 cm³/mol. The summed E-state index contributed by atoms with van der Waals surface area (Å²) in [5.74, 6) is 1.46. The Hall–Kier alpha value is -0.370. The lowest BCUT2D eigenvalue weighted by Gasteiger charge is -2.26. The average Bonchev–Trinajstić information content (AvgIpc) is 2.18. The molecule has 0 unspecified atom stereocenters. The van der Waals surface area contributed by atoms with Gasteiger partial charge in [-0.3, -0.25) is 4.79 Å². The summed E-state index contributed by atoms with van der Waals surface area (Å²) in [6.07, 6.45) is 5.90. The highest BCUT2D eigenvalue weighted by atomic mass is 16.5. The summed E-state index contributed by atoms with van der Waals surface area (Å²) in [5.41, 5.74) is 0. The van der Waals surface area contributed by atoms with Gasteiger partial charge in [0.05, 0.1) is 0 Å². The van der Waals surface area contributed by atoms with Crippen LogP contribution in [0.5, 0.6) is 0 Å². The second-order valence-electron chi connectivity index (χ2n) is 4.03. The van der Waals surface area contributed by atoms with Crippen molar-refractivity contribution < 1.29 is 9.53 Å². The van der Waals surface area contributed by atoms with Crippen LogP contribution in [0.15, 0.2) is 0 Å². The molecule has 13 heavy (non-hydrogen) atoms. The zero-order valence-corrected chi connectivity index (χ0v) is 8.71. The fourth-order valence-corrected chi connectivity index (χ4v) is 2.15. The molecular weight excluding hydrogens is 164 g/mol. The molecule has 2 nitrogen and oxygen atoms in total. The van der Waals surface area contributed by atoms with E-state index in [-0.39, 0.29) is 0 Å². The van der Waals surface area contributed by atoms with Crippen molar-refractivity contribution in [3.63, 3.8) is 0 Å². The second-order valence-corrected chi connectivity index (χ2v) is 4.03. The van der Waals surface area contributed by atoms with E-state index in [0.717, 1.165) is 18.8 Å². The van der Waals surface area contributed by atoms with E-state index in [2.05, 4.69) is 6.92 Å². The predicted octanol–water partition coefficient (Wildman–Crippen LogP) is 2.42. The van der Waals surface area contributed by atoms with Crippen molar-refractivity contribution in [3.05, 3.63) is 0 Å². The topological polar surface area (TPSA) is 26.3 Å². The SMILES string of the molecule is CCC1CCC(C(=O)COC)CC1. The standard InChI is InChI=1S/C11H20O2/c1-3-9-4-6-10(7-5-9)11(12)8-13-2/h9-10H,3-8H2,1-2H3. The Labute approximate surface area is 80.7 Å². The van der Waals surface area contributed by atoms with Gasteiger partial charge in [0.15, 0.2) is 5.78 Å². The first-order valence-electron chi connectivity index (χ1n) is 5.29. The van der Waals surface area contributed by atoms with Crippen molar-refractivity contribution in [1.82, 2.24) is 0 Å². The van der Waals surface area contributed by atoms with Crippen molar-refractivity contribution in [3.8, 4) is 0 Å². The van der Waals surface area contributed by atoms with Crippen LogP contribution in [0.25, 0.3) is 0 Å². The van der Waals surface area contributed by atoms with Gasteiger partial charge in [-0.15, -0.1) is 0 Å². The van der Waals surface area contributed by atoms with Gasteiger partial charge in [0.2, 0.25) is 0 Å². The number of ketones is 1. The third kappa shape index (κ3) is 3.11. The first-order chi connectivity index (χ1) is 6.27. The number of Topliss-reactive ketones (excluding diaryl/α,β-unsaturated/α-hetero) is 1. The lowest BCUT2D eigenvalue weighted by molar-refractivity contribution is -0.127. The maximum Gasteiger partial charge on any atom is 0.161 e. The van der Waals surface area contributed by atoms with Gasteiger partial charge in [-0.25, -0.2) is 0 Å². The van der Waals surface area contributed by atoms with Gasteiger partial charge < -0.3 is 4.74 Å². The van der Waals surface area contributed by atoms with Crippen LogP contribution < -0.4 is 0 Å². The zero-order valence-electron chi connectivity index (χ0n) is 8.71. The van der Waals surface area contributed by atoms with E-state index in [0.29, 0.717) is 18.3 Å². The van der Waals surface area contributed by atoms with Crippen molar-refractivity contribution in [2.75, 3.05) is 13.7 Å². The summed E-state index contributed by atoms with van der Waals surface area (Å²) in [6.45, 7) is 2.55. The lowest BCUT2D eigenvalue weighted by Crippen LogP contribution is -2.24. The van der Waals surface area contributed by atoms with E-state index >= 15 is 0 Å². The molecule has 76 valence electrons. The first kappa shape index (κ1) is 10.7. The minimum atomic E-state index is 0.294. The first-order valence-corrected chi connectivity index (χ1v) is 5.29. The monoisotopic (exact) mass is 184 g/mol. The largest absolute Gasteiger partial charge is 0.377 e. The van der Waals surface area contributed by atoms with Crippen LogP contribution in [-0.2, 0) is 9.53 Å². The molecule has 0 aromatic heterocycles. The number of rotatable bonds is 4. The molecule has 0 aromatic carbocycles. The molecule has 0 aliphatic heterocycles. The molecule has 0 N–H and O–H groups in total. The highest BCUT2D eigenvalue weighted by molar-refractivity contribution is 5.82. The van der Waals surface area contributed by atoms with E-state index in [1.54, 1.807) is 7.11 Å². The number of hydrogen-bond acceptors (Lipinski definition) is 2. The molecule has 1 aliphatic carbocycles. The molecule has 0 spiro atoms. The minimum absolute atomic E-state index is 0.294. The van der Waals surface area contributed by atoms with E-state index < -0.39 is 0 Å². The third-order valence-electron chi connectivity index (χ3n) is 3.17. The molecular formula is C11H20O2. The molecule has 1 saturated carbocycles. The highest BCUT2D eigenvalue weighted by Gasteiger charge is 2.24. The Morgan fingerprint density at radius 3 is 2.38 bits per heavy atom. The van der Waals surface area contributed by atoms with Gasteiger partial charge >= 0.3 is 0 Å². The smallest absolute Gasteiger partial charge is 0.161 e. The summed E-state index contributed by atoms with van der Waals surface area (Å²) < 4.78 is 4.86. The molecule has 0 bridgehead atoms. The Bertz CT molecular complexity index is 157. The number of hydrogen-bond donors (Lipinski definition) is 0. The molecule has 0 aromatic rings. The van der Waals surface area contributed by atoms with E-state index in [1.807, 2.05) is 0 Å². The average molecular weight is 184 g/mol. The van der Waals surface area contributed by atoms with Crippen molar-refractivity contribution in [2.45, 2.75) is 39.0 Å². The summed E-state index contributed by atoms with van der Waals surface area (Å²) in [7, 11) is 1.59. The molecule has 0 amide bonds. The maximum atomic E-state index is 11.5. The lowest BCUT2D eigenvalue weighted by atomic mass is 9.79. The summed E-state index contributed by atoms with van der Waals surface area (Å²) in [6, 6.07) is 0. The zero-order chi connectivity index (χ0) is 9.68. The molecule has 1 fully saturated rings. The van der Waals surface area contributed by atoms with Gasteiger partial charge in [0, 0.05) is 13.0 Å². The minimum Gasteiger partial charge on any atom is -0.377 e. The van der Waals surface area contributed by atoms with Crippen LogP contribution in [0.3, 0.4) is 0 Å². The third-order valence-corrected chi connectivity index (χ3v) is 3.17. The molecule has 0 heterocycles.